The molecule has 0 saturated carbocycles. The molecule has 0 amide bonds. The van der Waals surface area contributed by atoms with Crippen molar-refractivity contribution in [1.82, 2.24) is 25.4 Å². The Bertz CT molecular complexity index is 1160. The van der Waals surface area contributed by atoms with Crippen LogP contribution in [0.15, 0.2) is 90.3 Å². The van der Waals surface area contributed by atoms with Gasteiger partial charge in [0.25, 0.3) is 0 Å². The Morgan fingerprint density at radius 2 is 1.76 bits per heavy atom. The fourth-order valence-corrected chi connectivity index (χ4v) is 3.17. The Balaban J connectivity index is 0.00000324. The molecule has 0 aliphatic carbocycles. The van der Waals surface area contributed by atoms with Gasteiger partial charge >= 0.3 is 0 Å². The zero-order chi connectivity index (χ0) is 22.9. The first-order chi connectivity index (χ1) is 16.2. The summed E-state index contributed by atoms with van der Waals surface area (Å²) in [5, 5.41) is 10.8. The Hall–Kier alpha value is -3.47. The van der Waals surface area contributed by atoms with E-state index in [-0.39, 0.29) is 29.8 Å². The van der Waals surface area contributed by atoms with Gasteiger partial charge in [0.15, 0.2) is 5.96 Å². The molecule has 0 bridgehead atoms. The van der Waals surface area contributed by atoms with Gasteiger partial charge in [0.1, 0.15) is 11.6 Å². The summed E-state index contributed by atoms with van der Waals surface area (Å²) < 4.78 is 20.4. The molecule has 0 radical (unpaired) electrons. The van der Waals surface area contributed by atoms with Crippen molar-refractivity contribution < 1.29 is 9.13 Å². The number of benzene rings is 2. The highest BCUT2D eigenvalue weighted by molar-refractivity contribution is 14.0. The van der Waals surface area contributed by atoms with Crippen molar-refractivity contribution in [2.45, 2.75) is 13.0 Å². The number of guanidine groups is 1. The lowest BCUT2D eigenvalue weighted by atomic mass is 10.1. The number of nitrogens with zero attached hydrogens (tertiary/aromatic N) is 4. The van der Waals surface area contributed by atoms with Crippen molar-refractivity contribution in [3.8, 4) is 17.3 Å². The normalized spacial score (nSPS) is 10.9. The summed E-state index contributed by atoms with van der Waals surface area (Å²) in [6.07, 6.45) is 6.30. The van der Waals surface area contributed by atoms with E-state index in [9.17, 15) is 4.39 Å². The fourth-order valence-electron chi connectivity index (χ4n) is 3.17. The summed E-state index contributed by atoms with van der Waals surface area (Å²) in [7, 11) is 1.74. The monoisotopic (exact) mass is 572 g/mol. The van der Waals surface area contributed by atoms with E-state index in [4.69, 9.17) is 4.74 Å². The number of ether oxygens (including phenoxy) is 1. The predicted octanol–water partition coefficient (Wildman–Crippen LogP) is 4.72. The standard InChI is InChI=1S/C25H25FN6O.HI/c1-27-25(28-15-13-19-3-8-22(9-4-19)32-16-2-14-31-32)30-18-20-5-12-24(29-17-20)33-23-10-6-21(26)7-11-23;/h2-12,14,16-17H,13,15,18H2,1H3,(H2,27,28,30);1H. The number of hydrogen-bond acceptors (Lipinski definition) is 4. The third kappa shape index (κ3) is 7.27. The van der Waals surface area contributed by atoms with Gasteiger partial charge in [-0.3, -0.25) is 4.99 Å². The van der Waals surface area contributed by atoms with E-state index in [0.717, 1.165) is 30.2 Å². The minimum Gasteiger partial charge on any atom is -0.439 e. The van der Waals surface area contributed by atoms with E-state index in [1.165, 1.54) is 17.7 Å². The Labute approximate surface area is 215 Å². The van der Waals surface area contributed by atoms with Gasteiger partial charge in [-0.15, -0.1) is 24.0 Å². The number of aliphatic imine (C=N–C) groups is 1. The molecule has 0 spiro atoms. The van der Waals surface area contributed by atoms with Crippen LogP contribution in [0.3, 0.4) is 0 Å². The zero-order valence-corrected chi connectivity index (χ0v) is 21.0. The molecule has 2 heterocycles. The molecule has 0 atom stereocenters. The average Bonchev–Trinajstić information content (AvgIpc) is 3.39. The smallest absolute Gasteiger partial charge is 0.219 e. The van der Waals surface area contributed by atoms with Crippen molar-refractivity contribution >= 4 is 29.9 Å². The molecular weight excluding hydrogens is 546 g/mol. The molecule has 0 unspecified atom stereocenters. The van der Waals surface area contributed by atoms with E-state index in [2.05, 4.69) is 50.0 Å². The second-order valence-corrected chi connectivity index (χ2v) is 7.28. The summed E-state index contributed by atoms with van der Waals surface area (Å²) in [4.78, 5) is 8.57. The van der Waals surface area contributed by atoms with Crippen LogP contribution in [0.1, 0.15) is 11.1 Å². The van der Waals surface area contributed by atoms with Crippen LogP contribution in [0, 0.1) is 5.82 Å². The van der Waals surface area contributed by atoms with E-state index >= 15 is 0 Å². The molecule has 4 aromatic rings. The van der Waals surface area contributed by atoms with Gasteiger partial charge in [0, 0.05) is 44.8 Å². The van der Waals surface area contributed by atoms with Gasteiger partial charge in [-0.25, -0.2) is 14.1 Å². The maximum absolute atomic E-state index is 13.0. The summed E-state index contributed by atoms with van der Waals surface area (Å²) in [5.41, 5.74) is 3.25. The number of rotatable bonds is 8. The lowest BCUT2D eigenvalue weighted by Gasteiger charge is -2.12. The van der Waals surface area contributed by atoms with E-state index in [1.54, 1.807) is 37.6 Å². The summed E-state index contributed by atoms with van der Waals surface area (Å²) in [6, 6.07) is 19.8. The van der Waals surface area contributed by atoms with Crippen LogP contribution in [0.2, 0.25) is 0 Å². The SMILES string of the molecule is CN=C(NCCc1ccc(-n2cccn2)cc1)NCc1ccc(Oc2ccc(F)cc2)nc1.I. The zero-order valence-electron chi connectivity index (χ0n) is 18.7. The van der Waals surface area contributed by atoms with Crippen LogP contribution < -0.4 is 15.4 Å². The Morgan fingerprint density at radius 3 is 2.41 bits per heavy atom. The molecule has 0 aliphatic heterocycles. The lowest BCUT2D eigenvalue weighted by molar-refractivity contribution is 0.461. The summed E-state index contributed by atoms with van der Waals surface area (Å²) in [5.74, 6) is 1.40. The lowest BCUT2D eigenvalue weighted by Crippen LogP contribution is -2.37. The maximum atomic E-state index is 13.0. The van der Waals surface area contributed by atoms with E-state index in [0.29, 0.717) is 18.2 Å². The first-order valence-electron chi connectivity index (χ1n) is 10.6. The van der Waals surface area contributed by atoms with Crippen LogP contribution >= 0.6 is 24.0 Å². The minimum atomic E-state index is -0.304. The molecule has 2 aromatic heterocycles. The average molecular weight is 572 g/mol. The molecule has 0 aliphatic rings. The van der Waals surface area contributed by atoms with Crippen molar-refractivity contribution in [3.63, 3.8) is 0 Å². The molecule has 9 heteroatoms. The highest BCUT2D eigenvalue weighted by Gasteiger charge is 2.03. The van der Waals surface area contributed by atoms with Gasteiger partial charge < -0.3 is 15.4 Å². The number of pyridine rings is 1. The van der Waals surface area contributed by atoms with Gasteiger partial charge in [-0.05, 0) is 60.0 Å². The molecule has 176 valence electrons. The molecular formula is C25H26FIN6O. The molecule has 2 aromatic carbocycles. The molecule has 0 saturated heterocycles. The number of aromatic nitrogens is 3. The largest absolute Gasteiger partial charge is 0.439 e. The van der Waals surface area contributed by atoms with Crippen molar-refractivity contribution in [3.05, 3.63) is 102 Å². The van der Waals surface area contributed by atoms with Crippen LogP contribution in [0.5, 0.6) is 11.6 Å². The van der Waals surface area contributed by atoms with Gasteiger partial charge in [0.2, 0.25) is 5.88 Å². The summed E-state index contributed by atoms with van der Waals surface area (Å²) in [6.45, 7) is 1.32. The van der Waals surface area contributed by atoms with Crippen molar-refractivity contribution in [2.24, 2.45) is 4.99 Å². The highest BCUT2D eigenvalue weighted by atomic mass is 127. The minimum absolute atomic E-state index is 0. The topological polar surface area (TPSA) is 76.4 Å². The second-order valence-electron chi connectivity index (χ2n) is 7.28. The third-order valence-electron chi connectivity index (χ3n) is 4.93. The van der Waals surface area contributed by atoms with Crippen LogP contribution in [0.4, 0.5) is 4.39 Å². The second kappa shape index (κ2) is 12.7. The molecule has 2 N–H and O–H groups in total. The van der Waals surface area contributed by atoms with Crippen LogP contribution in [-0.2, 0) is 13.0 Å². The van der Waals surface area contributed by atoms with Gasteiger partial charge in [0.05, 0.1) is 5.69 Å². The number of halogens is 2. The van der Waals surface area contributed by atoms with Gasteiger partial charge in [-0.1, -0.05) is 18.2 Å². The highest BCUT2D eigenvalue weighted by Crippen LogP contribution is 2.19. The first-order valence-corrected chi connectivity index (χ1v) is 10.6. The van der Waals surface area contributed by atoms with Crippen LogP contribution in [0.25, 0.3) is 5.69 Å². The molecule has 4 rings (SSSR count). The van der Waals surface area contributed by atoms with E-state index < -0.39 is 0 Å². The quantitative estimate of drug-likeness (QED) is 0.182. The number of hydrogen-bond donors (Lipinski definition) is 2. The van der Waals surface area contributed by atoms with E-state index in [1.807, 2.05) is 23.0 Å². The number of nitrogens with one attached hydrogen (secondary N) is 2. The summed E-state index contributed by atoms with van der Waals surface area (Å²) >= 11 is 0. The van der Waals surface area contributed by atoms with Crippen LogP contribution in [-0.4, -0.2) is 34.3 Å². The first kappa shape index (κ1) is 25.2. The maximum Gasteiger partial charge on any atom is 0.219 e. The predicted molar refractivity (Wildman–Crippen MR) is 142 cm³/mol. The van der Waals surface area contributed by atoms with Crippen molar-refractivity contribution in [2.75, 3.05) is 13.6 Å². The van der Waals surface area contributed by atoms with Gasteiger partial charge in [-0.2, -0.15) is 5.10 Å². The third-order valence-corrected chi connectivity index (χ3v) is 4.93. The Morgan fingerprint density at radius 1 is 1.00 bits per heavy atom. The Kier molecular flexibility index (Phi) is 9.39. The molecule has 7 nitrogen and oxygen atoms in total. The molecule has 0 fully saturated rings. The fraction of sp³-hybridized carbons (Fsp3) is 0.160. The van der Waals surface area contributed by atoms with Crippen molar-refractivity contribution in [1.29, 1.82) is 0 Å². The molecule has 34 heavy (non-hydrogen) atoms.